The summed E-state index contributed by atoms with van der Waals surface area (Å²) < 4.78 is 11.9. The summed E-state index contributed by atoms with van der Waals surface area (Å²) in [5.41, 5.74) is 9.26. The van der Waals surface area contributed by atoms with Gasteiger partial charge in [0.15, 0.2) is 6.10 Å². The molecular formula is C36H47ClN6O5. The van der Waals surface area contributed by atoms with E-state index in [2.05, 4.69) is 22.2 Å². The van der Waals surface area contributed by atoms with E-state index in [1.807, 2.05) is 42.2 Å². The molecule has 5 aliphatic rings. The number of piperidine rings is 2. The van der Waals surface area contributed by atoms with Crippen LogP contribution >= 0.6 is 11.6 Å². The van der Waals surface area contributed by atoms with Gasteiger partial charge in [0.05, 0.1) is 16.4 Å². The van der Waals surface area contributed by atoms with Gasteiger partial charge in [0.2, 0.25) is 0 Å². The van der Waals surface area contributed by atoms with Gasteiger partial charge < -0.3 is 29.9 Å². The number of carbonyl (C=O) groups excluding carboxylic acids is 3. The SMILES string of the molecule is CCc1cc(C[C@@H](OC(=O)N2CCC3(CC2)OC(=O)Nc2ccccc23)C(=O)N2CCN(C3CC4CCC(C3)N4C)CC2)cc(Cl)c1N. The molecule has 258 valence electrons. The number of piperazine rings is 1. The van der Waals surface area contributed by atoms with E-state index in [9.17, 15) is 14.4 Å². The maximum atomic E-state index is 14.2. The Bertz CT molecular complexity index is 1540. The number of halogens is 1. The first kappa shape index (κ1) is 33.0. The Hall–Kier alpha value is -3.54. The lowest BCUT2D eigenvalue weighted by Crippen LogP contribution is -2.57. The third-order valence-electron chi connectivity index (χ3n) is 11.6. The maximum absolute atomic E-state index is 14.2. The first-order chi connectivity index (χ1) is 23.1. The lowest BCUT2D eigenvalue weighted by Gasteiger charge is -2.45. The number of nitrogen functional groups attached to an aromatic ring is 1. The second-order valence-electron chi connectivity index (χ2n) is 14.2. The van der Waals surface area contributed by atoms with Gasteiger partial charge in [-0.2, -0.15) is 0 Å². The summed E-state index contributed by atoms with van der Waals surface area (Å²) in [4.78, 5) is 48.9. The monoisotopic (exact) mass is 678 g/mol. The van der Waals surface area contributed by atoms with E-state index in [1.54, 1.807) is 11.0 Å². The van der Waals surface area contributed by atoms with Gasteiger partial charge in [-0.25, -0.2) is 9.59 Å². The van der Waals surface area contributed by atoms with E-state index in [-0.39, 0.29) is 12.3 Å². The second-order valence-corrected chi connectivity index (χ2v) is 14.6. The average molecular weight is 679 g/mol. The van der Waals surface area contributed by atoms with E-state index >= 15 is 0 Å². The number of hydrogen-bond acceptors (Lipinski definition) is 8. The topological polar surface area (TPSA) is 121 Å². The molecule has 3 amide bonds. The third-order valence-corrected chi connectivity index (χ3v) is 11.9. The van der Waals surface area contributed by atoms with Crippen molar-refractivity contribution in [3.05, 3.63) is 58.1 Å². The number of nitrogens with two attached hydrogens (primary N) is 1. The van der Waals surface area contributed by atoms with Gasteiger partial charge in [-0.05, 0) is 62.4 Å². The molecule has 1 spiro atoms. The van der Waals surface area contributed by atoms with Crippen molar-refractivity contribution in [2.75, 3.05) is 57.4 Å². The number of rotatable bonds is 6. The molecule has 2 unspecified atom stereocenters. The number of likely N-dealkylation sites (tertiary alicyclic amines) is 1. The number of ether oxygens (including phenoxy) is 2. The van der Waals surface area contributed by atoms with Gasteiger partial charge in [-0.15, -0.1) is 0 Å². The molecule has 0 aliphatic carbocycles. The molecule has 3 atom stereocenters. The Kier molecular flexibility index (Phi) is 9.21. The Balaban J connectivity index is 1.04. The third kappa shape index (κ3) is 6.32. The van der Waals surface area contributed by atoms with Gasteiger partial charge in [0.25, 0.3) is 5.91 Å². The van der Waals surface area contributed by atoms with Crippen LogP contribution in [0.2, 0.25) is 5.02 Å². The van der Waals surface area contributed by atoms with Crippen molar-refractivity contribution in [3.63, 3.8) is 0 Å². The summed E-state index contributed by atoms with van der Waals surface area (Å²) in [7, 11) is 2.26. The summed E-state index contributed by atoms with van der Waals surface area (Å²) in [5.74, 6) is -0.188. The number of benzene rings is 2. The smallest absolute Gasteiger partial charge is 0.412 e. The van der Waals surface area contributed by atoms with E-state index < -0.39 is 23.9 Å². The summed E-state index contributed by atoms with van der Waals surface area (Å²) >= 11 is 6.49. The summed E-state index contributed by atoms with van der Waals surface area (Å²) in [6.07, 6.45) is 4.65. The number of aryl methyl sites for hydroxylation is 1. The minimum atomic E-state index is -1.01. The number of nitrogens with zero attached hydrogens (tertiary/aromatic N) is 4. The minimum Gasteiger partial charge on any atom is -0.438 e. The van der Waals surface area contributed by atoms with Gasteiger partial charge in [0, 0.05) is 82.2 Å². The fourth-order valence-corrected chi connectivity index (χ4v) is 8.97. The molecule has 7 rings (SSSR count). The Morgan fingerprint density at radius 2 is 1.71 bits per heavy atom. The molecule has 11 nitrogen and oxygen atoms in total. The van der Waals surface area contributed by atoms with Crippen molar-refractivity contribution in [2.45, 2.75) is 88.1 Å². The largest absolute Gasteiger partial charge is 0.438 e. The number of nitrogens with one attached hydrogen (secondary N) is 1. The zero-order valence-corrected chi connectivity index (χ0v) is 28.7. The van der Waals surface area contributed by atoms with Crippen LogP contribution in [0.5, 0.6) is 0 Å². The molecule has 0 saturated carbocycles. The molecule has 0 aromatic heterocycles. The second kappa shape index (κ2) is 13.4. The van der Waals surface area contributed by atoms with Crippen molar-refractivity contribution >= 4 is 41.1 Å². The average Bonchev–Trinajstić information content (AvgIpc) is 3.27. The van der Waals surface area contributed by atoms with Crippen LogP contribution in [0.25, 0.3) is 0 Å². The van der Waals surface area contributed by atoms with Gasteiger partial charge in [0.1, 0.15) is 5.60 Å². The van der Waals surface area contributed by atoms with Crippen LogP contribution in [0.3, 0.4) is 0 Å². The fraction of sp³-hybridized carbons (Fsp3) is 0.583. The molecule has 48 heavy (non-hydrogen) atoms. The zero-order valence-electron chi connectivity index (χ0n) is 28.0. The number of para-hydroxylation sites is 1. The van der Waals surface area contributed by atoms with Crippen LogP contribution in [-0.2, 0) is 32.7 Å². The van der Waals surface area contributed by atoms with Crippen molar-refractivity contribution < 1.29 is 23.9 Å². The van der Waals surface area contributed by atoms with Crippen LogP contribution < -0.4 is 11.1 Å². The van der Waals surface area contributed by atoms with Crippen molar-refractivity contribution in [2.24, 2.45) is 0 Å². The highest BCUT2D eigenvalue weighted by Gasteiger charge is 2.46. The maximum Gasteiger partial charge on any atom is 0.412 e. The molecule has 3 N–H and O–H groups in total. The molecule has 5 aliphatic heterocycles. The van der Waals surface area contributed by atoms with E-state index in [0.29, 0.717) is 74.3 Å². The summed E-state index contributed by atoms with van der Waals surface area (Å²) in [6.45, 7) is 5.49. The Morgan fingerprint density at radius 3 is 2.40 bits per heavy atom. The molecule has 5 heterocycles. The van der Waals surface area contributed by atoms with Gasteiger partial charge >= 0.3 is 12.2 Å². The van der Waals surface area contributed by atoms with Crippen LogP contribution in [0.1, 0.15) is 62.1 Å². The molecule has 2 aromatic rings. The minimum absolute atomic E-state index is 0.188. The van der Waals surface area contributed by atoms with Crippen molar-refractivity contribution in [3.8, 4) is 0 Å². The van der Waals surface area contributed by atoms with Gasteiger partial charge in [-0.1, -0.05) is 42.8 Å². The molecule has 2 bridgehead atoms. The standard InChI is InChI=1S/C36H47ClN6O5/c1-3-24-18-23(19-29(37)32(24)38)20-31(33(44)42-16-14-41(15-17-42)27-21-25-8-9-26(22-27)40(25)2)47-35(46)43-12-10-36(11-13-43)28-6-4-5-7-30(28)39-34(45)48-36/h4-7,18-19,25-27,31H,3,8-17,20-22,38H2,1-2H3,(H,39,45)/t25?,26?,27?,31-/m1/s1. The van der Waals surface area contributed by atoms with Crippen LogP contribution in [0, 0.1) is 0 Å². The predicted molar refractivity (Wildman–Crippen MR) is 184 cm³/mol. The van der Waals surface area contributed by atoms with E-state index in [1.165, 1.54) is 25.7 Å². The van der Waals surface area contributed by atoms with Gasteiger partial charge in [-0.3, -0.25) is 15.0 Å². The number of hydrogen-bond donors (Lipinski definition) is 2. The van der Waals surface area contributed by atoms with Crippen LogP contribution in [-0.4, -0.2) is 108 Å². The molecular weight excluding hydrogens is 632 g/mol. The van der Waals surface area contributed by atoms with Crippen molar-refractivity contribution in [1.29, 1.82) is 0 Å². The molecule has 12 heteroatoms. The van der Waals surface area contributed by atoms with Crippen molar-refractivity contribution in [1.82, 2.24) is 19.6 Å². The number of carbonyl (C=O) groups is 3. The highest BCUT2D eigenvalue weighted by Crippen LogP contribution is 2.43. The first-order valence-corrected chi connectivity index (χ1v) is 17.9. The first-order valence-electron chi connectivity index (χ1n) is 17.5. The lowest BCUT2D eigenvalue weighted by atomic mass is 9.82. The number of fused-ring (bicyclic) bond motifs is 4. The highest BCUT2D eigenvalue weighted by atomic mass is 35.5. The quantitative estimate of drug-likeness (QED) is 0.416. The van der Waals surface area contributed by atoms with Crippen LogP contribution in [0.4, 0.5) is 21.0 Å². The van der Waals surface area contributed by atoms with E-state index in [4.69, 9.17) is 26.8 Å². The molecule has 4 fully saturated rings. The molecule has 0 radical (unpaired) electrons. The predicted octanol–water partition coefficient (Wildman–Crippen LogP) is 4.86. The lowest BCUT2D eigenvalue weighted by molar-refractivity contribution is -0.143. The number of amides is 3. The fourth-order valence-electron chi connectivity index (χ4n) is 8.71. The molecule has 4 saturated heterocycles. The normalized spacial score (nSPS) is 26.1. The summed E-state index contributed by atoms with van der Waals surface area (Å²) in [5, 5.41) is 3.20. The van der Waals surface area contributed by atoms with Crippen LogP contribution in [0.15, 0.2) is 36.4 Å². The highest BCUT2D eigenvalue weighted by molar-refractivity contribution is 6.33. The van der Waals surface area contributed by atoms with E-state index in [0.717, 1.165) is 35.5 Å². The zero-order chi connectivity index (χ0) is 33.6. The Labute approximate surface area is 287 Å². The number of anilines is 2. The summed E-state index contributed by atoms with van der Waals surface area (Å²) in [6, 6.07) is 13.2. The molecule has 2 aromatic carbocycles. The Morgan fingerprint density at radius 1 is 1.02 bits per heavy atom.